The molecule has 0 radical (unpaired) electrons. The Labute approximate surface area is 224 Å². The topological polar surface area (TPSA) is 31.4 Å². The average molecular weight is 544 g/mol. The van der Waals surface area contributed by atoms with Gasteiger partial charge in [0.1, 0.15) is 11.6 Å². The first-order valence-electron chi connectivity index (χ1n) is 13.1. The summed E-state index contributed by atoms with van der Waals surface area (Å²) in [6.45, 7) is 2.85. The molecule has 39 heavy (non-hydrogen) atoms. The monoisotopic (exact) mass is 543 g/mol. The molecule has 8 heteroatoms. The lowest BCUT2D eigenvalue weighted by atomic mass is 9.98. The number of fused-ring (bicyclic) bond motifs is 1. The first kappa shape index (κ1) is 28.3. The van der Waals surface area contributed by atoms with E-state index in [1.54, 1.807) is 24.4 Å². The fourth-order valence-electron chi connectivity index (χ4n) is 4.41. The summed E-state index contributed by atoms with van der Waals surface area (Å²) in [4.78, 5) is 4.50. The molecule has 0 atom stereocenters. The number of unbranched alkanes of at least 4 members (excludes halogenated alkanes) is 4. The molecule has 0 fully saturated rings. The third-order valence-electron chi connectivity index (χ3n) is 6.49. The number of aromatic nitrogens is 1. The van der Waals surface area contributed by atoms with Crippen molar-refractivity contribution >= 4 is 10.8 Å². The van der Waals surface area contributed by atoms with E-state index < -0.39 is 17.9 Å². The lowest BCUT2D eigenvalue weighted by Gasteiger charge is -2.11. The van der Waals surface area contributed by atoms with Crippen LogP contribution in [0.15, 0.2) is 66.9 Å². The molecule has 0 spiro atoms. The lowest BCUT2D eigenvalue weighted by Crippen LogP contribution is -2.18. The van der Waals surface area contributed by atoms with Gasteiger partial charge in [0.15, 0.2) is 11.6 Å². The predicted molar refractivity (Wildman–Crippen MR) is 142 cm³/mol. The third kappa shape index (κ3) is 7.91. The zero-order valence-corrected chi connectivity index (χ0v) is 21.7. The van der Waals surface area contributed by atoms with Crippen LogP contribution in [0.1, 0.15) is 50.2 Å². The first-order chi connectivity index (χ1) is 18.7. The van der Waals surface area contributed by atoms with Gasteiger partial charge < -0.3 is 9.47 Å². The lowest BCUT2D eigenvalue weighted by molar-refractivity contribution is -0.275. The highest BCUT2D eigenvalue weighted by Gasteiger charge is 2.32. The van der Waals surface area contributed by atoms with Gasteiger partial charge in [-0.05, 0) is 66.1 Å². The first-order valence-corrected chi connectivity index (χ1v) is 13.1. The third-order valence-corrected chi connectivity index (χ3v) is 6.49. The van der Waals surface area contributed by atoms with Crippen LogP contribution in [0.4, 0.5) is 22.0 Å². The Bertz CT molecular complexity index is 1390. The molecule has 0 saturated heterocycles. The maximum absolute atomic E-state index is 15.3. The van der Waals surface area contributed by atoms with Crippen molar-refractivity contribution in [3.8, 4) is 22.8 Å². The number of hydrogen-bond acceptors (Lipinski definition) is 3. The second-order valence-corrected chi connectivity index (χ2v) is 9.43. The molecule has 0 unspecified atom stereocenters. The minimum Gasteiger partial charge on any atom is -0.492 e. The molecule has 0 aliphatic carbocycles. The van der Waals surface area contributed by atoms with Gasteiger partial charge in [-0.25, -0.2) is 8.78 Å². The molecule has 3 nitrogen and oxygen atoms in total. The summed E-state index contributed by atoms with van der Waals surface area (Å²) >= 11 is 0. The molecular weight excluding hydrogens is 513 g/mol. The molecule has 1 heterocycles. The average Bonchev–Trinajstić information content (AvgIpc) is 2.91. The summed E-state index contributed by atoms with van der Waals surface area (Å²) in [5.41, 5.74) is 2.46. The second kappa shape index (κ2) is 12.9. The number of ether oxygens (including phenoxy) is 2. The van der Waals surface area contributed by atoms with Crippen molar-refractivity contribution in [3.63, 3.8) is 0 Å². The van der Waals surface area contributed by atoms with Gasteiger partial charge in [0.2, 0.25) is 0 Å². The summed E-state index contributed by atoms with van der Waals surface area (Å²) in [5, 5.41) is 1.15. The number of pyridine rings is 1. The molecule has 4 rings (SSSR count). The summed E-state index contributed by atoms with van der Waals surface area (Å²) in [6, 6.07) is 15.9. The quantitative estimate of drug-likeness (QED) is 0.132. The van der Waals surface area contributed by atoms with Crippen LogP contribution in [0, 0.1) is 11.6 Å². The Morgan fingerprint density at radius 2 is 1.64 bits per heavy atom. The maximum atomic E-state index is 15.3. The molecule has 0 aliphatic heterocycles. The molecule has 0 aliphatic rings. The highest BCUT2D eigenvalue weighted by atomic mass is 19.4. The summed E-state index contributed by atoms with van der Waals surface area (Å²) in [6.07, 6.45) is 3.07. The number of nitrogens with zero attached hydrogens (tertiary/aromatic N) is 1. The van der Waals surface area contributed by atoms with Crippen molar-refractivity contribution < 1.29 is 31.4 Å². The van der Waals surface area contributed by atoms with Crippen LogP contribution >= 0.6 is 0 Å². The van der Waals surface area contributed by atoms with Gasteiger partial charge in [-0.15, -0.1) is 13.2 Å². The van der Waals surface area contributed by atoms with Crippen molar-refractivity contribution in [2.45, 2.75) is 58.2 Å². The van der Waals surface area contributed by atoms with Crippen molar-refractivity contribution in [1.82, 2.24) is 4.98 Å². The van der Waals surface area contributed by atoms with Crippen molar-refractivity contribution in [2.24, 2.45) is 0 Å². The van der Waals surface area contributed by atoms with Gasteiger partial charge in [0.25, 0.3) is 0 Å². The molecule has 0 saturated carbocycles. The van der Waals surface area contributed by atoms with E-state index >= 15 is 4.39 Å². The number of halogens is 5. The Balaban J connectivity index is 1.39. The molecule has 0 bridgehead atoms. The number of aryl methyl sites for hydroxylation is 2. The van der Waals surface area contributed by atoms with Crippen LogP contribution in [0.2, 0.25) is 0 Å². The molecule has 206 valence electrons. The van der Waals surface area contributed by atoms with E-state index in [4.69, 9.17) is 4.74 Å². The van der Waals surface area contributed by atoms with Gasteiger partial charge in [-0.3, -0.25) is 4.98 Å². The van der Waals surface area contributed by atoms with Crippen molar-refractivity contribution in [3.05, 3.63) is 89.6 Å². The molecule has 0 N–H and O–H groups in total. The van der Waals surface area contributed by atoms with E-state index in [1.165, 1.54) is 25.3 Å². The maximum Gasteiger partial charge on any atom is 0.573 e. The van der Waals surface area contributed by atoms with Gasteiger partial charge in [-0.2, -0.15) is 0 Å². The van der Waals surface area contributed by atoms with E-state index in [2.05, 4.69) is 16.6 Å². The van der Waals surface area contributed by atoms with Crippen LogP contribution in [0.25, 0.3) is 22.0 Å². The highest BCUT2D eigenvalue weighted by Crippen LogP contribution is 2.29. The SMILES string of the molecule is CCCCCCCOc1ccc(-c2ccc3c(F)c(CCc4ccc(OC(F)(F)F)c(F)c4)ccc3c2)nc1. The van der Waals surface area contributed by atoms with E-state index in [0.29, 0.717) is 34.3 Å². The Morgan fingerprint density at radius 1 is 0.821 bits per heavy atom. The van der Waals surface area contributed by atoms with Gasteiger partial charge in [-0.1, -0.05) is 62.9 Å². The van der Waals surface area contributed by atoms with Crippen LogP contribution < -0.4 is 9.47 Å². The minimum absolute atomic E-state index is 0.251. The van der Waals surface area contributed by atoms with E-state index in [1.807, 2.05) is 24.3 Å². The smallest absolute Gasteiger partial charge is 0.492 e. The molecule has 1 aromatic heterocycles. The van der Waals surface area contributed by atoms with Crippen LogP contribution in [0.5, 0.6) is 11.5 Å². The molecule has 4 aromatic rings. The van der Waals surface area contributed by atoms with E-state index in [9.17, 15) is 17.6 Å². The van der Waals surface area contributed by atoms with Crippen LogP contribution in [-0.2, 0) is 12.8 Å². The highest BCUT2D eigenvalue weighted by molar-refractivity contribution is 5.88. The molecular formula is C31H30F5NO2. The number of rotatable bonds is 12. The van der Waals surface area contributed by atoms with Gasteiger partial charge in [0.05, 0.1) is 18.5 Å². The minimum atomic E-state index is -4.97. The van der Waals surface area contributed by atoms with Crippen molar-refractivity contribution in [1.29, 1.82) is 0 Å². The molecule has 0 amide bonds. The normalized spacial score (nSPS) is 11.6. The largest absolute Gasteiger partial charge is 0.573 e. The fourth-order valence-corrected chi connectivity index (χ4v) is 4.41. The predicted octanol–water partition coefficient (Wildman–Crippen LogP) is 9.21. The number of benzene rings is 3. The number of hydrogen-bond donors (Lipinski definition) is 0. The molecule has 3 aromatic carbocycles. The van der Waals surface area contributed by atoms with Crippen LogP contribution in [0.3, 0.4) is 0 Å². The fraction of sp³-hybridized carbons (Fsp3) is 0.323. The van der Waals surface area contributed by atoms with Gasteiger partial charge in [0, 0.05) is 10.9 Å². The number of alkyl halides is 3. The van der Waals surface area contributed by atoms with E-state index in [0.717, 1.165) is 36.2 Å². The second-order valence-electron chi connectivity index (χ2n) is 9.43. The Hall–Kier alpha value is -3.68. The van der Waals surface area contributed by atoms with Crippen molar-refractivity contribution in [2.75, 3.05) is 6.61 Å². The van der Waals surface area contributed by atoms with Crippen LogP contribution in [-0.4, -0.2) is 18.0 Å². The summed E-state index contributed by atoms with van der Waals surface area (Å²) in [5.74, 6) is -1.68. The Morgan fingerprint density at radius 3 is 2.36 bits per heavy atom. The zero-order valence-electron chi connectivity index (χ0n) is 21.7. The summed E-state index contributed by atoms with van der Waals surface area (Å²) in [7, 11) is 0. The van der Waals surface area contributed by atoms with Gasteiger partial charge >= 0.3 is 6.36 Å². The summed E-state index contributed by atoms with van der Waals surface area (Å²) < 4.78 is 75.7. The Kier molecular flexibility index (Phi) is 9.38. The van der Waals surface area contributed by atoms with E-state index in [-0.39, 0.29) is 18.7 Å². The standard InChI is InChI=1S/C31H30F5NO2/c1-2-3-4-5-6-17-38-25-13-15-28(37-20-25)24-12-14-26-23(19-24)11-10-22(30(26)33)9-7-21-8-16-29(27(32)18-21)39-31(34,35)36/h8,10-16,18-20H,2-7,9,17H2,1H3. The zero-order chi connectivity index (χ0) is 27.8.